The minimum atomic E-state index is 0.835. The molecule has 0 aliphatic carbocycles. The number of anilines is 1. The lowest BCUT2D eigenvalue weighted by atomic mass is 10.2. The maximum atomic E-state index is 3.52. The molecule has 0 amide bonds. The average Bonchev–Trinajstić information content (AvgIpc) is 2.89. The Morgan fingerprint density at radius 1 is 1.05 bits per heavy atom. The minimum absolute atomic E-state index is 0.835. The van der Waals surface area contributed by atoms with E-state index in [9.17, 15) is 0 Å². The zero-order valence-electron chi connectivity index (χ0n) is 10.8. The van der Waals surface area contributed by atoms with Gasteiger partial charge < -0.3 is 10.3 Å². The first kappa shape index (κ1) is 12.2. The summed E-state index contributed by atoms with van der Waals surface area (Å²) in [5.41, 5.74) is 3.68. The Balaban J connectivity index is 1.82. The van der Waals surface area contributed by atoms with Crippen molar-refractivity contribution in [2.45, 2.75) is 11.4 Å². The quantitative estimate of drug-likeness (QED) is 0.682. The number of hydrogen-bond acceptors (Lipinski definition) is 2. The highest BCUT2D eigenvalue weighted by Gasteiger charge is 2.04. The fourth-order valence-corrected chi connectivity index (χ4v) is 2.83. The summed E-state index contributed by atoms with van der Waals surface area (Å²) in [5, 5.41) is 4.81. The SMILES string of the molecule is CSc1ccccc1NCc1c[nH]c2ccccc12. The Hall–Kier alpha value is -1.87. The van der Waals surface area contributed by atoms with Crippen molar-refractivity contribution in [1.82, 2.24) is 4.98 Å². The molecule has 2 nitrogen and oxygen atoms in total. The molecule has 0 saturated carbocycles. The van der Waals surface area contributed by atoms with Gasteiger partial charge in [0.2, 0.25) is 0 Å². The Bertz CT molecular complexity index is 688. The van der Waals surface area contributed by atoms with Gasteiger partial charge in [0.1, 0.15) is 0 Å². The van der Waals surface area contributed by atoms with Gasteiger partial charge in [0, 0.05) is 34.2 Å². The molecule has 2 N–H and O–H groups in total. The number of nitrogens with one attached hydrogen (secondary N) is 2. The Kier molecular flexibility index (Phi) is 3.47. The van der Waals surface area contributed by atoms with Gasteiger partial charge in [0.25, 0.3) is 0 Å². The molecule has 0 aliphatic heterocycles. The highest BCUT2D eigenvalue weighted by molar-refractivity contribution is 7.98. The molecule has 0 bridgehead atoms. The molecule has 0 unspecified atom stereocenters. The van der Waals surface area contributed by atoms with Crippen molar-refractivity contribution in [2.24, 2.45) is 0 Å². The number of aromatic amines is 1. The highest BCUT2D eigenvalue weighted by atomic mass is 32.2. The van der Waals surface area contributed by atoms with Gasteiger partial charge in [-0.15, -0.1) is 11.8 Å². The first-order valence-electron chi connectivity index (χ1n) is 6.30. The molecule has 0 saturated heterocycles. The number of hydrogen-bond donors (Lipinski definition) is 2. The maximum Gasteiger partial charge on any atom is 0.0480 e. The van der Waals surface area contributed by atoms with Crippen molar-refractivity contribution in [3.63, 3.8) is 0 Å². The van der Waals surface area contributed by atoms with Crippen LogP contribution in [-0.2, 0) is 6.54 Å². The second kappa shape index (κ2) is 5.41. The number of para-hydroxylation sites is 2. The zero-order chi connectivity index (χ0) is 13.1. The van der Waals surface area contributed by atoms with Gasteiger partial charge in [-0.3, -0.25) is 0 Å². The average molecular weight is 268 g/mol. The van der Waals surface area contributed by atoms with Gasteiger partial charge in [-0.1, -0.05) is 30.3 Å². The van der Waals surface area contributed by atoms with Crippen LogP contribution in [-0.4, -0.2) is 11.2 Å². The van der Waals surface area contributed by atoms with E-state index in [0.717, 1.165) is 6.54 Å². The van der Waals surface area contributed by atoms with Crippen LogP contribution in [0.2, 0.25) is 0 Å². The lowest BCUT2D eigenvalue weighted by Crippen LogP contribution is -1.99. The van der Waals surface area contributed by atoms with E-state index < -0.39 is 0 Å². The fraction of sp³-hybridized carbons (Fsp3) is 0.125. The smallest absolute Gasteiger partial charge is 0.0480 e. The van der Waals surface area contributed by atoms with Crippen LogP contribution in [0.3, 0.4) is 0 Å². The van der Waals surface area contributed by atoms with Gasteiger partial charge in [-0.2, -0.15) is 0 Å². The summed E-state index contributed by atoms with van der Waals surface area (Å²) in [4.78, 5) is 4.59. The Morgan fingerprint density at radius 2 is 1.84 bits per heavy atom. The molecule has 3 heteroatoms. The van der Waals surface area contributed by atoms with Crippen LogP contribution in [0.4, 0.5) is 5.69 Å². The predicted octanol–water partition coefficient (Wildman–Crippen LogP) is 4.50. The van der Waals surface area contributed by atoms with Gasteiger partial charge >= 0.3 is 0 Å². The normalized spacial score (nSPS) is 10.8. The van der Waals surface area contributed by atoms with Crippen LogP contribution in [0.15, 0.2) is 59.6 Å². The number of rotatable bonds is 4. The third-order valence-corrected chi connectivity index (χ3v) is 4.05. The molecule has 0 atom stereocenters. The number of fused-ring (bicyclic) bond motifs is 1. The molecular formula is C16H16N2S. The monoisotopic (exact) mass is 268 g/mol. The Labute approximate surface area is 117 Å². The maximum absolute atomic E-state index is 3.52. The molecule has 1 heterocycles. The summed E-state index contributed by atoms with van der Waals surface area (Å²) in [6.45, 7) is 0.835. The van der Waals surface area contributed by atoms with E-state index in [1.807, 2.05) is 0 Å². The van der Waals surface area contributed by atoms with Gasteiger partial charge in [0.05, 0.1) is 0 Å². The van der Waals surface area contributed by atoms with Gasteiger partial charge in [-0.25, -0.2) is 0 Å². The van der Waals surface area contributed by atoms with E-state index >= 15 is 0 Å². The molecule has 19 heavy (non-hydrogen) atoms. The Morgan fingerprint density at radius 3 is 2.74 bits per heavy atom. The van der Waals surface area contributed by atoms with Crippen LogP contribution < -0.4 is 5.32 Å². The molecule has 1 aromatic heterocycles. The molecule has 0 aliphatic rings. The van der Waals surface area contributed by atoms with Crippen LogP contribution in [0, 0.1) is 0 Å². The van der Waals surface area contributed by atoms with E-state index in [-0.39, 0.29) is 0 Å². The highest BCUT2D eigenvalue weighted by Crippen LogP contribution is 2.26. The first-order valence-corrected chi connectivity index (χ1v) is 7.53. The zero-order valence-corrected chi connectivity index (χ0v) is 11.6. The first-order chi connectivity index (χ1) is 9.38. The third-order valence-electron chi connectivity index (χ3n) is 3.25. The van der Waals surface area contributed by atoms with Crippen molar-refractivity contribution < 1.29 is 0 Å². The molecule has 0 fully saturated rings. The molecular weight excluding hydrogens is 252 g/mol. The van der Waals surface area contributed by atoms with Crippen LogP contribution >= 0.6 is 11.8 Å². The summed E-state index contributed by atoms with van der Waals surface area (Å²) >= 11 is 1.77. The van der Waals surface area contributed by atoms with Crippen LogP contribution in [0.25, 0.3) is 10.9 Å². The summed E-state index contributed by atoms with van der Waals surface area (Å²) in [6.07, 6.45) is 4.19. The van der Waals surface area contributed by atoms with Crippen molar-refractivity contribution in [1.29, 1.82) is 0 Å². The van der Waals surface area contributed by atoms with Crippen molar-refractivity contribution >= 4 is 28.4 Å². The second-order valence-corrected chi connectivity index (χ2v) is 5.26. The lowest BCUT2D eigenvalue weighted by molar-refractivity contribution is 1.14. The van der Waals surface area contributed by atoms with E-state index in [1.165, 1.54) is 27.0 Å². The van der Waals surface area contributed by atoms with Gasteiger partial charge in [-0.05, 0) is 30.0 Å². The fourth-order valence-electron chi connectivity index (χ4n) is 2.26. The minimum Gasteiger partial charge on any atom is -0.380 e. The van der Waals surface area contributed by atoms with E-state index in [1.54, 1.807) is 11.8 Å². The number of H-pyrrole nitrogens is 1. The van der Waals surface area contributed by atoms with Crippen molar-refractivity contribution in [3.8, 4) is 0 Å². The van der Waals surface area contributed by atoms with E-state index in [0.29, 0.717) is 0 Å². The molecule has 0 spiro atoms. The van der Waals surface area contributed by atoms with Crippen LogP contribution in [0.5, 0.6) is 0 Å². The number of thioether (sulfide) groups is 1. The van der Waals surface area contributed by atoms with Gasteiger partial charge in [0.15, 0.2) is 0 Å². The molecule has 0 radical (unpaired) electrons. The molecule has 96 valence electrons. The lowest BCUT2D eigenvalue weighted by Gasteiger charge is -2.09. The summed E-state index contributed by atoms with van der Waals surface area (Å²) in [7, 11) is 0. The van der Waals surface area contributed by atoms with E-state index in [2.05, 4.69) is 71.3 Å². The number of aromatic nitrogens is 1. The summed E-state index contributed by atoms with van der Waals surface area (Å²) in [6, 6.07) is 16.8. The topological polar surface area (TPSA) is 27.8 Å². The summed E-state index contributed by atoms with van der Waals surface area (Å²) < 4.78 is 0. The van der Waals surface area contributed by atoms with Crippen molar-refractivity contribution in [2.75, 3.05) is 11.6 Å². The molecule has 3 aromatic rings. The standard InChI is InChI=1S/C16H16N2S/c1-19-16-9-5-4-8-15(16)18-11-12-10-17-14-7-3-2-6-13(12)14/h2-10,17-18H,11H2,1H3. The predicted molar refractivity (Wildman–Crippen MR) is 83.8 cm³/mol. The van der Waals surface area contributed by atoms with Crippen molar-refractivity contribution in [3.05, 3.63) is 60.3 Å². The second-order valence-electron chi connectivity index (χ2n) is 4.41. The van der Waals surface area contributed by atoms with E-state index in [4.69, 9.17) is 0 Å². The summed E-state index contributed by atoms with van der Waals surface area (Å²) in [5.74, 6) is 0. The molecule has 2 aromatic carbocycles. The third kappa shape index (κ3) is 2.47. The molecule has 3 rings (SSSR count). The number of benzene rings is 2. The largest absolute Gasteiger partial charge is 0.380 e. The van der Waals surface area contributed by atoms with Crippen LogP contribution in [0.1, 0.15) is 5.56 Å².